The molecule has 0 saturated heterocycles. The molecular weight excluding hydrogens is 252 g/mol. The summed E-state index contributed by atoms with van der Waals surface area (Å²) in [6, 6.07) is 15.4. The molecule has 0 bridgehead atoms. The van der Waals surface area contributed by atoms with Crippen molar-refractivity contribution in [2.45, 2.75) is 38.0 Å². The van der Waals surface area contributed by atoms with E-state index in [1.165, 1.54) is 47.1 Å². The van der Waals surface area contributed by atoms with E-state index < -0.39 is 0 Å². The van der Waals surface area contributed by atoms with E-state index in [2.05, 4.69) is 49.4 Å². The number of hydrogen-bond acceptors (Lipinski definition) is 0. The lowest BCUT2D eigenvalue weighted by Gasteiger charge is -2.12. The van der Waals surface area contributed by atoms with Crippen molar-refractivity contribution in [2.75, 3.05) is 0 Å². The van der Waals surface area contributed by atoms with Gasteiger partial charge in [-0.1, -0.05) is 49.4 Å². The van der Waals surface area contributed by atoms with Gasteiger partial charge in [0.15, 0.2) is 0 Å². The van der Waals surface area contributed by atoms with E-state index in [1.807, 2.05) is 0 Å². The van der Waals surface area contributed by atoms with Crippen LogP contribution >= 0.6 is 11.6 Å². The third-order valence-electron chi connectivity index (χ3n) is 4.10. The maximum atomic E-state index is 6.63. The van der Waals surface area contributed by atoms with Crippen LogP contribution in [0.15, 0.2) is 42.5 Å². The van der Waals surface area contributed by atoms with Crippen molar-refractivity contribution in [2.24, 2.45) is 0 Å². The van der Waals surface area contributed by atoms with Gasteiger partial charge in [0.1, 0.15) is 0 Å². The fraction of sp³-hybridized carbons (Fsp3) is 0.333. The molecule has 2 aromatic carbocycles. The van der Waals surface area contributed by atoms with Crippen LogP contribution in [0.25, 0.3) is 0 Å². The van der Waals surface area contributed by atoms with Gasteiger partial charge in [0.05, 0.1) is 5.38 Å². The van der Waals surface area contributed by atoms with Crippen molar-refractivity contribution in [1.82, 2.24) is 0 Å². The van der Waals surface area contributed by atoms with Gasteiger partial charge in [0, 0.05) is 0 Å². The van der Waals surface area contributed by atoms with Gasteiger partial charge < -0.3 is 0 Å². The Kier molecular flexibility index (Phi) is 3.61. The highest BCUT2D eigenvalue weighted by molar-refractivity contribution is 6.22. The third kappa shape index (κ3) is 2.55. The summed E-state index contributed by atoms with van der Waals surface area (Å²) in [5.41, 5.74) is 6.78. The van der Waals surface area contributed by atoms with Crippen molar-refractivity contribution in [3.05, 3.63) is 70.3 Å². The summed E-state index contributed by atoms with van der Waals surface area (Å²) < 4.78 is 0. The van der Waals surface area contributed by atoms with Gasteiger partial charge in [0.25, 0.3) is 0 Å². The first-order valence-corrected chi connectivity index (χ1v) is 7.56. The number of aryl methyl sites for hydroxylation is 3. The molecule has 0 fully saturated rings. The predicted octanol–water partition coefficient (Wildman–Crippen LogP) is 5.07. The van der Waals surface area contributed by atoms with Crippen molar-refractivity contribution in [3.8, 4) is 0 Å². The van der Waals surface area contributed by atoms with Crippen molar-refractivity contribution >= 4 is 11.6 Å². The quantitative estimate of drug-likeness (QED) is 0.684. The van der Waals surface area contributed by atoms with Crippen LogP contribution < -0.4 is 0 Å². The number of halogens is 1. The number of rotatable bonds is 3. The summed E-state index contributed by atoms with van der Waals surface area (Å²) in [6.45, 7) is 2.17. The minimum Gasteiger partial charge on any atom is -0.113 e. The lowest BCUT2D eigenvalue weighted by atomic mass is 9.99. The van der Waals surface area contributed by atoms with E-state index in [9.17, 15) is 0 Å². The molecule has 0 amide bonds. The predicted molar refractivity (Wildman–Crippen MR) is 82.0 cm³/mol. The molecule has 0 spiro atoms. The van der Waals surface area contributed by atoms with Gasteiger partial charge in [-0.15, -0.1) is 11.6 Å². The Balaban J connectivity index is 1.88. The minimum atomic E-state index is -0.0307. The first-order valence-electron chi connectivity index (χ1n) is 7.12. The number of hydrogen-bond donors (Lipinski definition) is 0. The fourth-order valence-electron chi connectivity index (χ4n) is 2.86. The highest BCUT2D eigenvalue weighted by Gasteiger charge is 2.15. The lowest BCUT2D eigenvalue weighted by molar-refractivity contribution is 0.911. The summed E-state index contributed by atoms with van der Waals surface area (Å²) in [6.07, 6.45) is 4.80. The molecule has 98 valence electrons. The van der Waals surface area contributed by atoms with Crippen LogP contribution in [0.3, 0.4) is 0 Å². The fourth-order valence-corrected chi connectivity index (χ4v) is 3.15. The smallest absolute Gasteiger partial charge is 0.0835 e. The highest BCUT2D eigenvalue weighted by atomic mass is 35.5. The van der Waals surface area contributed by atoms with Crippen LogP contribution in [0.5, 0.6) is 0 Å². The van der Waals surface area contributed by atoms with Gasteiger partial charge in [-0.2, -0.15) is 0 Å². The summed E-state index contributed by atoms with van der Waals surface area (Å²) in [7, 11) is 0. The maximum Gasteiger partial charge on any atom is 0.0835 e. The second-order valence-electron chi connectivity index (χ2n) is 5.34. The zero-order valence-electron chi connectivity index (χ0n) is 11.3. The van der Waals surface area contributed by atoms with E-state index in [-0.39, 0.29) is 5.38 Å². The van der Waals surface area contributed by atoms with Gasteiger partial charge in [-0.25, -0.2) is 0 Å². The van der Waals surface area contributed by atoms with Crippen molar-refractivity contribution in [3.63, 3.8) is 0 Å². The summed E-state index contributed by atoms with van der Waals surface area (Å²) in [5, 5.41) is -0.0307. The molecule has 0 heterocycles. The van der Waals surface area contributed by atoms with Crippen LogP contribution in [0.1, 0.15) is 46.5 Å². The van der Waals surface area contributed by atoms with E-state index in [0.29, 0.717) is 0 Å². The number of alkyl halides is 1. The lowest BCUT2D eigenvalue weighted by Crippen LogP contribution is -1.95. The molecule has 0 N–H and O–H groups in total. The third-order valence-corrected chi connectivity index (χ3v) is 4.60. The SMILES string of the molecule is CCc1ccc(C(Cl)c2ccc3c(c2)CCC3)cc1. The van der Waals surface area contributed by atoms with E-state index >= 15 is 0 Å². The van der Waals surface area contributed by atoms with Crippen molar-refractivity contribution < 1.29 is 0 Å². The molecule has 1 unspecified atom stereocenters. The van der Waals surface area contributed by atoms with E-state index in [4.69, 9.17) is 11.6 Å². The second kappa shape index (κ2) is 5.38. The second-order valence-corrected chi connectivity index (χ2v) is 5.78. The minimum absolute atomic E-state index is 0.0307. The Morgan fingerprint density at radius 3 is 2.37 bits per heavy atom. The largest absolute Gasteiger partial charge is 0.113 e. The van der Waals surface area contributed by atoms with E-state index in [1.54, 1.807) is 0 Å². The van der Waals surface area contributed by atoms with Crippen LogP contribution in [-0.2, 0) is 19.3 Å². The summed E-state index contributed by atoms with van der Waals surface area (Å²) in [4.78, 5) is 0. The summed E-state index contributed by atoms with van der Waals surface area (Å²) >= 11 is 6.63. The summed E-state index contributed by atoms with van der Waals surface area (Å²) in [5.74, 6) is 0. The highest BCUT2D eigenvalue weighted by Crippen LogP contribution is 2.32. The normalized spacial score (nSPS) is 15.3. The average molecular weight is 271 g/mol. The molecule has 0 aromatic heterocycles. The molecule has 1 aliphatic rings. The number of benzene rings is 2. The molecule has 2 aromatic rings. The Morgan fingerprint density at radius 2 is 1.63 bits per heavy atom. The van der Waals surface area contributed by atoms with E-state index in [0.717, 1.165) is 6.42 Å². The molecule has 1 atom stereocenters. The van der Waals surface area contributed by atoms with Crippen LogP contribution in [0.4, 0.5) is 0 Å². The molecular formula is C18H19Cl. The molecule has 0 aliphatic heterocycles. The first kappa shape index (κ1) is 12.7. The zero-order chi connectivity index (χ0) is 13.2. The molecule has 0 nitrogen and oxygen atoms in total. The Hall–Kier alpha value is -1.27. The van der Waals surface area contributed by atoms with Crippen LogP contribution in [0, 0.1) is 0 Å². The molecule has 1 heteroatoms. The average Bonchev–Trinajstić information content (AvgIpc) is 2.94. The molecule has 0 radical (unpaired) electrons. The molecule has 0 saturated carbocycles. The Morgan fingerprint density at radius 1 is 0.947 bits per heavy atom. The number of fused-ring (bicyclic) bond motifs is 1. The Labute approximate surface area is 120 Å². The monoisotopic (exact) mass is 270 g/mol. The molecule has 19 heavy (non-hydrogen) atoms. The van der Waals surface area contributed by atoms with Gasteiger partial charge >= 0.3 is 0 Å². The maximum absolute atomic E-state index is 6.63. The van der Waals surface area contributed by atoms with Gasteiger partial charge in [-0.05, 0) is 53.5 Å². The first-order chi connectivity index (χ1) is 9.28. The van der Waals surface area contributed by atoms with Gasteiger partial charge in [-0.3, -0.25) is 0 Å². The molecule has 1 aliphatic carbocycles. The zero-order valence-corrected chi connectivity index (χ0v) is 12.1. The van der Waals surface area contributed by atoms with Crippen LogP contribution in [-0.4, -0.2) is 0 Å². The topological polar surface area (TPSA) is 0 Å². The van der Waals surface area contributed by atoms with Crippen molar-refractivity contribution in [1.29, 1.82) is 0 Å². The van der Waals surface area contributed by atoms with Gasteiger partial charge in [0.2, 0.25) is 0 Å². The molecule has 3 rings (SSSR count). The standard InChI is InChI=1S/C18H19Cl/c1-2-13-6-8-15(9-7-13)18(19)17-11-10-14-4-3-5-16(14)12-17/h6-12,18H,2-5H2,1H3. The Bertz CT molecular complexity index is 569. The van der Waals surface area contributed by atoms with Crippen LogP contribution in [0.2, 0.25) is 0 Å².